The molecule has 0 aliphatic heterocycles. The number of hydrogen-bond acceptors (Lipinski definition) is 2. The van der Waals surface area contributed by atoms with Crippen molar-refractivity contribution in [3.8, 4) is 11.5 Å². The quantitative estimate of drug-likeness (QED) is 0.501. The second-order valence-corrected chi connectivity index (χ2v) is 12.5. The van der Waals surface area contributed by atoms with E-state index < -0.39 is 19.3 Å². The van der Waals surface area contributed by atoms with E-state index in [1.807, 2.05) is 42.6 Å². The zero-order valence-corrected chi connectivity index (χ0v) is 15.7. The molecule has 0 saturated heterocycles. The Bertz CT molecular complexity index is 753. The smallest absolute Gasteiger partial charge is 0.266 e. The summed E-state index contributed by atoms with van der Waals surface area (Å²) in [6, 6.07) is 9.41. The van der Waals surface area contributed by atoms with Crippen LogP contribution < -0.4 is 4.31 Å². The van der Waals surface area contributed by atoms with E-state index in [1.165, 1.54) is 15.6 Å². The van der Waals surface area contributed by atoms with Gasteiger partial charge in [-0.25, -0.2) is 8.51 Å². The number of thiophene rings is 1. The Morgan fingerprint density at radius 1 is 1.27 bits per heavy atom. The van der Waals surface area contributed by atoms with Crippen LogP contribution in [0, 0.1) is 18.4 Å². The second kappa shape index (κ2) is 6.80. The summed E-state index contributed by atoms with van der Waals surface area (Å²) < 4.78 is 22.9. The van der Waals surface area contributed by atoms with Crippen LogP contribution in [-0.2, 0) is 11.3 Å². The maximum Gasteiger partial charge on any atom is 0.266 e. The third-order valence-corrected chi connectivity index (χ3v) is 5.30. The van der Waals surface area contributed by atoms with Gasteiger partial charge in [-0.05, 0) is 24.6 Å². The maximum absolute atomic E-state index is 11.8. The molecule has 0 aliphatic rings. The molecule has 116 valence electrons. The molecule has 1 aromatic carbocycles. The lowest BCUT2D eigenvalue weighted by atomic mass is 10.2. The van der Waals surface area contributed by atoms with Gasteiger partial charge >= 0.3 is 0 Å². The predicted octanol–water partition coefficient (Wildman–Crippen LogP) is 4.56. The van der Waals surface area contributed by atoms with Gasteiger partial charge in [-0.3, -0.25) is 4.55 Å². The molecule has 1 atom stereocenters. The molecule has 1 heterocycles. The van der Waals surface area contributed by atoms with Crippen LogP contribution >= 0.6 is 11.3 Å². The molecule has 0 amide bonds. The maximum atomic E-state index is 11.8. The van der Waals surface area contributed by atoms with Gasteiger partial charge in [0.2, 0.25) is 0 Å². The van der Waals surface area contributed by atoms with Gasteiger partial charge in [0, 0.05) is 5.38 Å². The molecule has 0 aliphatic carbocycles. The van der Waals surface area contributed by atoms with Gasteiger partial charge in [-0.1, -0.05) is 43.8 Å². The van der Waals surface area contributed by atoms with E-state index in [1.54, 1.807) is 0 Å². The SMILES string of the molecule is Cc1ccccc1N(c1csc(C#C[Si](C)(C)C)c1)S(=O)O. The average Bonchev–Trinajstić information content (AvgIpc) is 2.86. The monoisotopic (exact) mass is 349 g/mol. The van der Waals surface area contributed by atoms with E-state index in [4.69, 9.17) is 0 Å². The molecule has 1 aromatic heterocycles. The Morgan fingerprint density at radius 3 is 2.55 bits per heavy atom. The first-order valence-corrected chi connectivity index (χ1v) is 12.3. The Kier molecular flexibility index (Phi) is 5.24. The normalized spacial score (nSPS) is 12.4. The summed E-state index contributed by atoms with van der Waals surface area (Å²) in [6.45, 7) is 8.50. The molecular formula is C16H19NO2S2Si. The molecule has 0 spiro atoms. The highest BCUT2D eigenvalue weighted by atomic mass is 32.2. The number of nitrogens with zero attached hydrogens (tertiary/aromatic N) is 1. The molecule has 1 N–H and O–H groups in total. The molecule has 0 fully saturated rings. The summed E-state index contributed by atoms with van der Waals surface area (Å²) in [5, 5.41) is 1.87. The Balaban J connectivity index is 2.39. The summed E-state index contributed by atoms with van der Waals surface area (Å²) in [5.41, 5.74) is 5.69. The fraction of sp³-hybridized carbons (Fsp3) is 0.250. The largest absolute Gasteiger partial charge is 0.289 e. The molecule has 2 rings (SSSR count). The van der Waals surface area contributed by atoms with Crippen molar-refractivity contribution in [3.63, 3.8) is 0 Å². The molecule has 22 heavy (non-hydrogen) atoms. The molecule has 3 nitrogen and oxygen atoms in total. The predicted molar refractivity (Wildman–Crippen MR) is 98.6 cm³/mol. The minimum Gasteiger partial charge on any atom is -0.289 e. The first kappa shape index (κ1) is 17.0. The van der Waals surface area contributed by atoms with Gasteiger partial charge in [0.15, 0.2) is 0 Å². The minimum absolute atomic E-state index is 0.694. The summed E-state index contributed by atoms with van der Waals surface area (Å²) in [6.07, 6.45) is 0. The Hall–Kier alpha value is -1.39. The van der Waals surface area contributed by atoms with Gasteiger partial charge in [-0.15, -0.1) is 16.9 Å². The number of benzene rings is 1. The van der Waals surface area contributed by atoms with Crippen molar-refractivity contribution < 1.29 is 8.76 Å². The van der Waals surface area contributed by atoms with Crippen LogP contribution in [0.2, 0.25) is 19.6 Å². The Morgan fingerprint density at radius 2 is 1.95 bits per heavy atom. The zero-order valence-electron chi connectivity index (χ0n) is 13.1. The van der Waals surface area contributed by atoms with Crippen molar-refractivity contribution >= 4 is 42.1 Å². The topological polar surface area (TPSA) is 40.5 Å². The van der Waals surface area contributed by atoms with E-state index in [0.29, 0.717) is 5.69 Å². The summed E-state index contributed by atoms with van der Waals surface area (Å²) in [5.74, 6) is 3.19. The molecular weight excluding hydrogens is 330 g/mol. The van der Waals surface area contributed by atoms with E-state index in [0.717, 1.165) is 16.1 Å². The molecule has 0 saturated carbocycles. The Labute approximate surface area is 139 Å². The van der Waals surface area contributed by atoms with Crippen molar-refractivity contribution in [1.29, 1.82) is 0 Å². The highest BCUT2D eigenvalue weighted by molar-refractivity contribution is 7.81. The van der Waals surface area contributed by atoms with Gasteiger partial charge < -0.3 is 0 Å². The van der Waals surface area contributed by atoms with Crippen molar-refractivity contribution in [2.45, 2.75) is 26.6 Å². The van der Waals surface area contributed by atoms with Crippen LogP contribution in [0.15, 0.2) is 35.7 Å². The fourth-order valence-corrected chi connectivity index (χ4v) is 3.90. The van der Waals surface area contributed by atoms with Gasteiger partial charge in [0.1, 0.15) is 8.07 Å². The van der Waals surface area contributed by atoms with Crippen LogP contribution in [0.3, 0.4) is 0 Å². The first-order valence-electron chi connectivity index (χ1n) is 6.86. The third-order valence-electron chi connectivity index (χ3n) is 2.87. The molecule has 0 radical (unpaired) electrons. The summed E-state index contributed by atoms with van der Waals surface area (Å²) >= 11 is -0.625. The fourth-order valence-electron chi connectivity index (χ4n) is 1.85. The highest BCUT2D eigenvalue weighted by Crippen LogP contribution is 2.32. The van der Waals surface area contributed by atoms with Crippen LogP contribution in [-0.4, -0.2) is 16.8 Å². The van der Waals surface area contributed by atoms with Gasteiger partial charge in [0.25, 0.3) is 11.3 Å². The van der Waals surface area contributed by atoms with E-state index in [2.05, 4.69) is 31.1 Å². The van der Waals surface area contributed by atoms with Crippen molar-refractivity contribution in [2.24, 2.45) is 0 Å². The van der Waals surface area contributed by atoms with Gasteiger partial charge in [-0.2, -0.15) is 0 Å². The summed E-state index contributed by atoms with van der Waals surface area (Å²) in [7, 11) is -1.43. The summed E-state index contributed by atoms with van der Waals surface area (Å²) in [4.78, 5) is 0.918. The lowest BCUT2D eigenvalue weighted by Gasteiger charge is -2.20. The van der Waals surface area contributed by atoms with Crippen molar-refractivity contribution in [3.05, 3.63) is 46.2 Å². The average molecular weight is 350 g/mol. The van der Waals surface area contributed by atoms with E-state index >= 15 is 0 Å². The van der Waals surface area contributed by atoms with Crippen molar-refractivity contribution in [2.75, 3.05) is 4.31 Å². The van der Waals surface area contributed by atoms with Gasteiger partial charge in [0.05, 0.1) is 16.3 Å². The highest BCUT2D eigenvalue weighted by Gasteiger charge is 2.18. The lowest BCUT2D eigenvalue weighted by molar-refractivity contribution is 0.564. The van der Waals surface area contributed by atoms with Crippen LogP contribution in [0.5, 0.6) is 0 Å². The second-order valence-electron chi connectivity index (χ2n) is 5.98. The number of anilines is 2. The molecule has 1 unspecified atom stereocenters. The van der Waals surface area contributed by atoms with Crippen molar-refractivity contribution in [1.82, 2.24) is 0 Å². The third kappa shape index (κ3) is 4.30. The minimum atomic E-state index is -2.12. The van der Waals surface area contributed by atoms with Crippen LogP contribution in [0.4, 0.5) is 11.4 Å². The number of rotatable bonds is 3. The molecule has 6 heteroatoms. The number of hydrogen-bond donors (Lipinski definition) is 1. The zero-order chi connectivity index (χ0) is 16.3. The molecule has 0 bridgehead atoms. The molecule has 2 aromatic rings. The number of aryl methyl sites for hydroxylation is 1. The van der Waals surface area contributed by atoms with Crippen LogP contribution in [0.25, 0.3) is 0 Å². The number of para-hydroxylation sites is 1. The van der Waals surface area contributed by atoms with Crippen LogP contribution in [0.1, 0.15) is 10.4 Å². The first-order chi connectivity index (χ1) is 10.3. The lowest BCUT2D eigenvalue weighted by Crippen LogP contribution is -2.19. The van der Waals surface area contributed by atoms with E-state index in [9.17, 15) is 8.76 Å². The standard InChI is InChI=1S/C16H19NO2S2Si/c1-13-7-5-6-8-16(13)17(21(18)19)14-11-15(20-12-14)9-10-22(2,3)4/h5-8,11-12H,1-4H3,(H,18,19). The van der Waals surface area contributed by atoms with E-state index in [-0.39, 0.29) is 0 Å².